The van der Waals surface area contributed by atoms with Gasteiger partial charge >= 0.3 is 0 Å². The first-order valence-corrected chi connectivity index (χ1v) is 8.87. The molecule has 3 rings (SSSR count). The highest BCUT2D eigenvalue weighted by atomic mass is 79.9. The van der Waals surface area contributed by atoms with Crippen LogP contribution in [0.15, 0.2) is 40.2 Å². The van der Waals surface area contributed by atoms with Gasteiger partial charge in [-0.1, -0.05) is 6.07 Å². The molecule has 6 heteroatoms. The van der Waals surface area contributed by atoms with E-state index in [4.69, 9.17) is 9.47 Å². The highest BCUT2D eigenvalue weighted by Crippen LogP contribution is 2.32. The van der Waals surface area contributed by atoms with E-state index in [-0.39, 0.29) is 12.7 Å². The number of carbonyl (C=O) groups excluding carboxylic acids is 1. The molecule has 0 unspecified atom stereocenters. The molecule has 0 spiro atoms. The molecular weight excluding hydrogens is 378 g/mol. The standard InChI is InChI=1S/C17H16BrNO3S/c1-2-19(17(20)8-5-13-4-7-16(18)23-13)10-12-3-6-14-15(9-12)22-11-21-14/h3-9H,2,10-11H2,1H3/b8-5+. The van der Waals surface area contributed by atoms with Crippen molar-refractivity contribution in [1.29, 1.82) is 0 Å². The maximum Gasteiger partial charge on any atom is 0.246 e. The number of ether oxygens (including phenoxy) is 2. The first-order chi connectivity index (χ1) is 11.2. The second-order valence-corrected chi connectivity index (χ2v) is 7.51. The zero-order valence-electron chi connectivity index (χ0n) is 12.6. The van der Waals surface area contributed by atoms with Gasteiger partial charge in [-0.05, 0) is 58.8 Å². The zero-order valence-corrected chi connectivity index (χ0v) is 15.0. The number of fused-ring (bicyclic) bond motifs is 1. The van der Waals surface area contributed by atoms with Crippen LogP contribution in [0.3, 0.4) is 0 Å². The van der Waals surface area contributed by atoms with Crippen molar-refractivity contribution in [2.75, 3.05) is 13.3 Å². The number of thiophene rings is 1. The molecule has 1 aliphatic heterocycles. The number of nitrogens with zero attached hydrogens (tertiary/aromatic N) is 1. The van der Waals surface area contributed by atoms with E-state index in [0.29, 0.717) is 13.1 Å². The molecule has 0 aliphatic carbocycles. The van der Waals surface area contributed by atoms with E-state index in [1.54, 1.807) is 22.3 Å². The van der Waals surface area contributed by atoms with Gasteiger partial charge in [-0.15, -0.1) is 11.3 Å². The normalized spacial score (nSPS) is 12.8. The van der Waals surface area contributed by atoms with E-state index < -0.39 is 0 Å². The summed E-state index contributed by atoms with van der Waals surface area (Å²) in [4.78, 5) is 15.2. The molecule has 0 saturated carbocycles. The van der Waals surface area contributed by atoms with Gasteiger partial charge in [0.15, 0.2) is 11.5 Å². The minimum absolute atomic E-state index is 0.00492. The predicted molar refractivity (Wildman–Crippen MR) is 94.7 cm³/mol. The average molecular weight is 394 g/mol. The second kappa shape index (κ2) is 7.19. The fraction of sp³-hybridized carbons (Fsp3) is 0.235. The molecular formula is C17H16BrNO3S. The van der Waals surface area contributed by atoms with Gasteiger partial charge in [0.1, 0.15) is 0 Å². The summed E-state index contributed by atoms with van der Waals surface area (Å²) in [6, 6.07) is 9.72. The number of hydrogen-bond donors (Lipinski definition) is 0. The van der Waals surface area contributed by atoms with Crippen LogP contribution >= 0.6 is 27.3 Å². The first-order valence-electron chi connectivity index (χ1n) is 7.26. The number of carbonyl (C=O) groups is 1. The third-order valence-corrected chi connectivity index (χ3v) is 5.08. The smallest absolute Gasteiger partial charge is 0.246 e. The minimum Gasteiger partial charge on any atom is -0.454 e. The molecule has 0 N–H and O–H groups in total. The van der Waals surface area contributed by atoms with E-state index >= 15 is 0 Å². The molecule has 1 aromatic carbocycles. The van der Waals surface area contributed by atoms with Crippen molar-refractivity contribution in [3.63, 3.8) is 0 Å². The Balaban J connectivity index is 1.67. The zero-order chi connectivity index (χ0) is 16.2. The Morgan fingerprint density at radius 1 is 1.30 bits per heavy atom. The van der Waals surface area contributed by atoms with E-state index in [1.165, 1.54) is 0 Å². The molecule has 23 heavy (non-hydrogen) atoms. The summed E-state index contributed by atoms with van der Waals surface area (Å²) in [6.07, 6.45) is 3.47. The quantitative estimate of drug-likeness (QED) is 0.710. The molecule has 0 atom stereocenters. The average Bonchev–Trinajstić information content (AvgIpc) is 3.18. The summed E-state index contributed by atoms with van der Waals surface area (Å²) in [5, 5.41) is 0. The van der Waals surface area contributed by atoms with Crippen LogP contribution in [0.1, 0.15) is 17.4 Å². The molecule has 0 bridgehead atoms. The van der Waals surface area contributed by atoms with Crippen LogP contribution in [0.5, 0.6) is 11.5 Å². The van der Waals surface area contributed by atoms with Crippen LogP contribution in [-0.2, 0) is 11.3 Å². The summed E-state index contributed by atoms with van der Waals surface area (Å²) in [5.41, 5.74) is 1.02. The van der Waals surface area contributed by atoms with Crippen molar-refractivity contribution >= 4 is 39.2 Å². The molecule has 2 heterocycles. The summed E-state index contributed by atoms with van der Waals surface area (Å²) in [7, 11) is 0. The van der Waals surface area contributed by atoms with Gasteiger partial charge in [0, 0.05) is 24.0 Å². The molecule has 120 valence electrons. The fourth-order valence-electron chi connectivity index (χ4n) is 2.28. The second-order valence-electron chi connectivity index (χ2n) is 5.02. The topological polar surface area (TPSA) is 38.8 Å². The van der Waals surface area contributed by atoms with Crippen molar-refractivity contribution in [1.82, 2.24) is 4.90 Å². The van der Waals surface area contributed by atoms with Crippen molar-refractivity contribution < 1.29 is 14.3 Å². The summed E-state index contributed by atoms with van der Waals surface area (Å²) in [6.45, 7) is 3.42. The number of likely N-dealkylation sites (N-methyl/N-ethyl adjacent to an activating group) is 1. The molecule has 1 amide bonds. The van der Waals surface area contributed by atoms with Crippen LogP contribution < -0.4 is 9.47 Å². The molecule has 0 fully saturated rings. The molecule has 1 aliphatic rings. The monoisotopic (exact) mass is 393 g/mol. The maximum atomic E-state index is 12.4. The highest BCUT2D eigenvalue weighted by Gasteiger charge is 2.15. The van der Waals surface area contributed by atoms with Gasteiger partial charge in [-0.2, -0.15) is 0 Å². The van der Waals surface area contributed by atoms with E-state index in [9.17, 15) is 4.79 Å². The third kappa shape index (κ3) is 3.95. The van der Waals surface area contributed by atoms with Crippen LogP contribution in [0.2, 0.25) is 0 Å². The van der Waals surface area contributed by atoms with E-state index in [1.807, 2.05) is 43.3 Å². The first kappa shape index (κ1) is 16.1. The Kier molecular flexibility index (Phi) is 5.03. The lowest BCUT2D eigenvalue weighted by Crippen LogP contribution is -2.28. The van der Waals surface area contributed by atoms with Gasteiger partial charge < -0.3 is 14.4 Å². The Labute approximate surface area is 147 Å². The van der Waals surface area contributed by atoms with Gasteiger partial charge in [0.2, 0.25) is 12.7 Å². The Morgan fingerprint density at radius 3 is 2.87 bits per heavy atom. The molecule has 2 aromatic rings. The maximum absolute atomic E-state index is 12.4. The summed E-state index contributed by atoms with van der Waals surface area (Å²) in [5.74, 6) is 1.49. The molecule has 0 radical (unpaired) electrons. The van der Waals surface area contributed by atoms with E-state index in [0.717, 1.165) is 25.7 Å². The van der Waals surface area contributed by atoms with Gasteiger partial charge in [0.05, 0.1) is 3.79 Å². The predicted octanol–water partition coefficient (Wildman–Crippen LogP) is 4.30. The third-order valence-electron chi connectivity index (χ3n) is 3.49. The van der Waals surface area contributed by atoms with Crippen molar-refractivity contribution in [2.45, 2.75) is 13.5 Å². The van der Waals surface area contributed by atoms with Gasteiger partial charge in [-0.25, -0.2) is 0 Å². The van der Waals surface area contributed by atoms with Gasteiger partial charge in [0.25, 0.3) is 0 Å². The van der Waals surface area contributed by atoms with E-state index in [2.05, 4.69) is 15.9 Å². The highest BCUT2D eigenvalue weighted by molar-refractivity contribution is 9.11. The largest absolute Gasteiger partial charge is 0.454 e. The Bertz CT molecular complexity index is 741. The molecule has 1 aromatic heterocycles. The SMILES string of the molecule is CCN(Cc1ccc2c(c1)OCO2)C(=O)/C=C/c1ccc(Br)s1. The number of amides is 1. The number of halogens is 1. The number of rotatable bonds is 5. The minimum atomic E-state index is -0.00492. The number of benzene rings is 1. The lowest BCUT2D eigenvalue weighted by atomic mass is 10.2. The Hall–Kier alpha value is -1.79. The van der Waals surface area contributed by atoms with Crippen LogP contribution in [0, 0.1) is 0 Å². The van der Waals surface area contributed by atoms with Crippen molar-refractivity contribution in [3.05, 3.63) is 50.6 Å². The van der Waals surface area contributed by atoms with Crippen LogP contribution in [0.25, 0.3) is 6.08 Å². The van der Waals surface area contributed by atoms with Crippen molar-refractivity contribution in [3.8, 4) is 11.5 Å². The lowest BCUT2D eigenvalue weighted by molar-refractivity contribution is -0.126. The van der Waals surface area contributed by atoms with Gasteiger partial charge in [-0.3, -0.25) is 4.79 Å². The van der Waals surface area contributed by atoms with Crippen molar-refractivity contribution in [2.24, 2.45) is 0 Å². The molecule has 4 nitrogen and oxygen atoms in total. The summed E-state index contributed by atoms with van der Waals surface area (Å²) >= 11 is 5.01. The number of hydrogen-bond acceptors (Lipinski definition) is 4. The van der Waals surface area contributed by atoms with Crippen LogP contribution in [-0.4, -0.2) is 24.1 Å². The fourth-order valence-corrected chi connectivity index (χ4v) is 3.61. The summed E-state index contributed by atoms with van der Waals surface area (Å²) < 4.78 is 11.7. The lowest BCUT2D eigenvalue weighted by Gasteiger charge is -2.19. The molecule has 0 saturated heterocycles. The van der Waals surface area contributed by atoms with Crippen LogP contribution in [0.4, 0.5) is 0 Å². The Morgan fingerprint density at radius 2 is 2.13 bits per heavy atom.